The second-order valence-corrected chi connectivity index (χ2v) is 2.57. The Labute approximate surface area is 70.4 Å². The molecule has 0 spiro atoms. The summed E-state index contributed by atoms with van der Waals surface area (Å²) in [6, 6.07) is 1.96. The van der Waals surface area contributed by atoms with Crippen molar-refractivity contribution < 1.29 is 0 Å². The van der Waals surface area contributed by atoms with E-state index in [4.69, 9.17) is 0 Å². The number of imidazole rings is 1. The molecule has 0 fully saturated rings. The molecule has 0 amide bonds. The summed E-state index contributed by atoms with van der Waals surface area (Å²) < 4.78 is 1.88. The topological polar surface area (TPSA) is 30.2 Å². The van der Waals surface area contributed by atoms with Crippen LogP contribution in [-0.4, -0.2) is 14.4 Å². The summed E-state index contributed by atoms with van der Waals surface area (Å²) in [7, 11) is 0. The number of aromatic nitrogens is 3. The van der Waals surface area contributed by atoms with E-state index in [1.54, 1.807) is 12.5 Å². The van der Waals surface area contributed by atoms with Crippen molar-refractivity contribution in [3.05, 3.63) is 43.1 Å². The third kappa shape index (κ3) is 1.09. The van der Waals surface area contributed by atoms with Gasteiger partial charge >= 0.3 is 0 Å². The quantitative estimate of drug-likeness (QED) is 0.621. The zero-order valence-corrected chi connectivity index (χ0v) is 6.64. The van der Waals surface area contributed by atoms with Crippen molar-refractivity contribution >= 4 is 5.65 Å². The molecule has 0 saturated heterocycles. The van der Waals surface area contributed by atoms with Crippen LogP contribution in [0.2, 0.25) is 0 Å². The van der Waals surface area contributed by atoms with Gasteiger partial charge in [-0.25, -0.2) is 9.97 Å². The van der Waals surface area contributed by atoms with Gasteiger partial charge in [-0.05, 0) is 0 Å². The lowest BCUT2D eigenvalue weighted by Crippen LogP contribution is -1.91. The smallest absolute Gasteiger partial charge is 0.139 e. The van der Waals surface area contributed by atoms with Gasteiger partial charge in [0.15, 0.2) is 0 Å². The summed E-state index contributed by atoms with van der Waals surface area (Å²) in [4.78, 5) is 8.37. The highest BCUT2D eigenvalue weighted by atomic mass is 15.0. The fourth-order valence-electron chi connectivity index (χ4n) is 1.12. The van der Waals surface area contributed by atoms with Gasteiger partial charge in [-0.15, -0.1) is 6.58 Å². The Bertz CT molecular complexity index is 403. The molecule has 0 radical (unpaired) electrons. The summed E-state index contributed by atoms with van der Waals surface area (Å²) in [5.74, 6) is 0. The molecule has 60 valence electrons. The molecule has 12 heavy (non-hydrogen) atoms. The number of hydrogen-bond acceptors (Lipinski definition) is 2. The molecule has 0 bridgehead atoms. The zero-order valence-electron chi connectivity index (χ0n) is 6.64. The monoisotopic (exact) mass is 159 g/mol. The summed E-state index contributed by atoms with van der Waals surface area (Å²) >= 11 is 0. The molecular weight excluding hydrogens is 150 g/mol. The van der Waals surface area contributed by atoms with Gasteiger partial charge in [0.1, 0.15) is 12.0 Å². The van der Waals surface area contributed by atoms with E-state index in [1.807, 2.05) is 22.7 Å². The standard InChI is InChI=1S/C9H9N3/c1-2-3-8-6-9-10-4-5-12(9)7-11-8/h2,4-7H,1,3H2. The molecule has 2 aromatic heterocycles. The maximum atomic E-state index is 4.22. The zero-order chi connectivity index (χ0) is 8.39. The van der Waals surface area contributed by atoms with Gasteiger partial charge < -0.3 is 0 Å². The minimum absolute atomic E-state index is 0.795. The fourth-order valence-corrected chi connectivity index (χ4v) is 1.12. The van der Waals surface area contributed by atoms with Crippen LogP contribution < -0.4 is 0 Å². The second-order valence-electron chi connectivity index (χ2n) is 2.57. The van der Waals surface area contributed by atoms with Gasteiger partial charge in [-0.2, -0.15) is 0 Å². The Balaban J connectivity index is 2.52. The van der Waals surface area contributed by atoms with Gasteiger partial charge in [0.2, 0.25) is 0 Å². The first-order valence-corrected chi connectivity index (χ1v) is 3.78. The van der Waals surface area contributed by atoms with Crippen LogP contribution in [0.5, 0.6) is 0 Å². The van der Waals surface area contributed by atoms with Crippen molar-refractivity contribution in [2.75, 3.05) is 0 Å². The first-order chi connectivity index (χ1) is 5.90. The van der Waals surface area contributed by atoms with E-state index in [9.17, 15) is 0 Å². The van der Waals surface area contributed by atoms with Crippen molar-refractivity contribution in [2.24, 2.45) is 0 Å². The van der Waals surface area contributed by atoms with Gasteiger partial charge in [0, 0.05) is 30.6 Å². The molecule has 0 saturated carbocycles. The summed E-state index contributed by atoms with van der Waals surface area (Å²) in [5, 5.41) is 0. The van der Waals surface area contributed by atoms with E-state index in [-0.39, 0.29) is 0 Å². The van der Waals surface area contributed by atoms with Crippen molar-refractivity contribution in [2.45, 2.75) is 6.42 Å². The van der Waals surface area contributed by atoms with Gasteiger partial charge in [-0.3, -0.25) is 4.40 Å². The fraction of sp³-hybridized carbons (Fsp3) is 0.111. The Morgan fingerprint density at radius 2 is 2.42 bits per heavy atom. The molecule has 0 aromatic carbocycles. The van der Waals surface area contributed by atoms with Gasteiger partial charge in [-0.1, -0.05) is 6.08 Å². The molecule has 0 aliphatic carbocycles. The first-order valence-electron chi connectivity index (χ1n) is 3.78. The molecule has 0 unspecified atom stereocenters. The Morgan fingerprint density at radius 3 is 3.25 bits per heavy atom. The van der Waals surface area contributed by atoms with E-state index in [0.29, 0.717) is 0 Å². The third-order valence-corrected chi connectivity index (χ3v) is 1.70. The van der Waals surface area contributed by atoms with E-state index in [0.717, 1.165) is 17.8 Å². The predicted molar refractivity (Wildman–Crippen MR) is 46.9 cm³/mol. The Hall–Kier alpha value is -1.64. The lowest BCUT2D eigenvalue weighted by Gasteiger charge is -1.95. The van der Waals surface area contributed by atoms with Crippen LogP contribution in [0.15, 0.2) is 37.4 Å². The number of hydrogen-bond donors (Lipinski definition) is 0. The third-order valence-electron chi connectivity index (χ3n) is 1.70. The number of allylic oxidation sites excluding steroid dienone is 1. The van der Waals surface area contributed by atoms with Crippen molar-refractivity contribution in [3.8, 4) is 0 Å². The molecule has 0 atom stereocenters. The minimum Gasteiger partial charge on any atom is -0.290 e. The van der Waals surface area contributed by atoms with Gasteiger partial charge in [0.25, 0.3) is 0 Å². The average molecular weight is 159 g/mol. The van der Waals surface area contributed by atoms with E-state index in [2.05, 4.69) is 16.5 Å². The van der Waals surface area contributed by atoms with E-state index >= 15 is 0 Å². The summed E-state index contributed by atoms with van der Waals surface area (Å²) in [6.45, 7) is 3.66. The molecule has 2 rings (SSSR count). The lowest BCUT2D eigenvalue weighted by atomic mass is 10.3. The predicted octanol–water partition coefficient (Wildman–Crippen LogP) is 1.46. The Kier molecular flexibility index (Phi) is 1.63. The highest BCUT2D eigenvalue weighted by molar-refractivity contribution is 5.38. The maximum absolute atomic E-state index is 4.22. The first kappa shape index (κ1) is 7.03. The molecule has 3 heteroatoms. The Morgan fingerprint density at radius 1 is 1.50 bits per heavy atom. The van der Waals surface area contributed by atoms with Crippen LogP contribution >= 0.6 is 0 Å². The van der Waals surface area contributed by atoms with Crippen molar-refractivity contribution in [3.63, 3.8) is 0 Å². The normalized spacial score (nSPS) is 10.3. The van der Waals surface area contributed by atoms with Crippen LogP contribution in [-0.2, 0) is 6.42 Å². The highest BCUT2D eigenvalue weighted by Crippen LogP contribution is 2.02. The molecule has 0 aliphatic heterocycles. The number of rotatable bonds is 2. The average Bonchev–Trinajstić information content (AvgIpc) is 2.51. The number of fused-ring (bicyclic) bond motifs is 1. The van der Waals surface area contributed by atoms with Crippen LogP contribution in [0.3, 0.4) is 0 Å². The molecule has 3 nitrogen and oxygen atoms in total. The number of nitrogens with zero attached hydrogens (tertiary/aromatic N) is 3. The van der Waals surface area contributed by atoms with Crippen LogP contribution in [0.1, 0.15) is 5.69 Å². The van der Waals surface area contributed by atoms with E-state index in [1.165, 1.54) is 0 Å². The largest absolute Gasteiger partial charge is 0.290 e. The van der Waals surface area contributed by atoms with Crippen LogP contribution in [0.4, 0.5) is 0 Å². The van der Waals surface area contributed by atoms with Crippen LogP contribution in [0.25, 0.3) is 5.65 Å². The van der Waals surface area contributed by atoms with E-state index < -0.39 is 0 Å². The summed E-state index contributed by atoms with van der Waals surface area (Å²) in [6.07, 6.45) is 8.03. The molecule has 2 heterocycles. The molecule has 0 N–H and O–H groups in total. The molecule has 0 aliphatic rings. The highest BCUT2D eigenvalue weighted by Gasteiger charge is 1.95. The maximum Gasteiger partial charge on any atom is 0.139 e. The molecular formula is C9H9N3. The van der Waals surface area contributed by atoms with Crippen LogP contribution in [0, 0.1) is 0 Å². The SMILES string of the molecule is C=CCc1cc2nccn2cn1. The second kappa shape index (κ2) is 2.77. The summed E-state index contributed by atoms with van der Waals surface area (Å²) in [5.41, 5.74) is 1.94. The minimum atomic E-state index is 0.795. The van der Waals surface area contributed by atoms with Crippen molar-refractivity contribution in [1.82, 2.24) is 14.4 Å². The lowest BCUT2D eigenvalue weighted by molar-refractivity contribution is 1.01. The molecule has 2 aromatic rings. The van der Waals surface area contributed by atoms with Gasteiger partial charge in [0.05, 0.1) is 0 Å². The van der Waals surface area contributed by atoms with Crippen molar-refractivity contribution in [1.29, 1.82) is 0 Å².